The second-order valence-corrected chi connectivity index (χ2v) is 5.90. The summed E-state index contributed by atoms with van der Waals surface area (Å²) in [5.41, 5.74) is 1.55. The predicted octanol–water partition coefficient (Wildman–Crippen LogP) is 4.47. The molecule has 1 aliphatic rings. The highest BCUT2D eigenvalue weighted by molar-refractivity contribution is 6.42. The summed E-state index contributed by atoms with van der Waals surface area (Å²) in [6.07, 6.45) is 4.63. The van der Waals surface area contributed by atoms with Crippen molar-refractivity contribution in [3.8, 4) is 0 Å². The zero-order chi connectivity index (χ0) is 15.4. The molecule has 1 aliphatic carbocycles. The number of carbonyl (C=O) groups is 2. The lowest BCUT2D eigenvalue weighted by atomic mass is 9.93. The van der Waals surface area contributed by atoms with Gasteiger partial charge in [-0.3, -0.25) is 4.79 Å². The zero-order valence-electron chi connectivity index (χ0n) is 11.7. The Kier molecular flexibility index (Phi) is 5.43. The molecule has 1 fully saturated rings. The van der Waals surface area contributed by atoms with Gasteiger partial charge in [0, 0.05) is 18.1 Å². The first-order chi connectivity index (χ1) is 10.0. The third-order valence-electron chi connectivity index (χ3n) is 3.72. The van der Waals surface area contributed by atoms with E-state index in [-0.39, 0.29) is 17.7 Å². The Morgan fingerprint density at radius 3 is 2.76 bits per heavy atom. The van der Waals surface area contributed by atoms with E-state index in [1.54, 1.807) is 18.2 Å². The van der Waals surface area contributed by atoms with Gasteiger partial charge in [-0.05, 0) is 43.4 Å². The Hall–Kier alpha value is -1.32. The van der Waals surface area contributed by atoms with Gasteiger partial charge in [-0.25, -0.2) is 4.79 Å². The van der Waals surface area contributed by atoms with Crippen molar-refractivity contribution in [3.05, 3.63) is 45.5 Å². The molecule has 2 rings (SSSR count). The van der Waals surface area contributed by atoms with Gasteiger partial charge < -0.3 is 4.74 Å². The van der Waals surface area contributed by atoms with Crippen LogP contribution in [0.2, 0.25) is 10.0 Å². The average molecular weight is 327 g/mol. The van der Waals surface area contributed by atoms with E-state index >= 15 is 0 Å². The molecule has 21 heavy (non-hydrogen) atoms. The number of Topliss-reactive ketones (excluding diaryl/α,β-unsaturated/α-hetero) is 1. The fourth-order valence-electron chi connectivity index (χ4n) is 2.59. The van der Waals surface area contributed by atoms with E-state index in [1.165, 1.54) is 13.2 Å². The molecule has 0 aliphatic heterocycles. The Balaban J connectivity index is 2.09. The van der Waals surface area contributed by atoms with E-state index < -0.39 is 0 Å². The van der Waals surface area contributed by atoms with E-state index in [1.807, 2.05) is 0 Å². The van der Waals surface area contributed by atoms with Crippen LogP contribution >= 0.6 is 23.2 Å². The molecule has 0 radical (unpaired) electrons. The van der Waals surface area contributed by atoms with Gasteiger partial charge in [0.25, 0.3) is 0 Å². The van der Waals surface area contributed by atoms with Crippen LogP contribution in [0.3, 0.4) is 0 Å². The Morgan fingerprint density at radius 2 is 2.10 bits per heavy atom. The smallest absolute Gasteiger partial charge is 0.330 e. The topological polar surface area (TPSA) is 43.4 Å². The van der Waals surface area contributed by atoms with E-state index in [9.17, 15) is 9.59 Å². The van der Waals surface area contributed by atoms with Gasteiger partial charge in [-0.2, -0.15) is 0 Å². The fourth-order valence-corrected chi connectivity index (χ4v) is 2.88. The maximum Gasteiger partial charge on any atom is 0.330 e. The minimum atomic E-state index is -0.362. The summed E-state index contributed by atoms with van der Waals surface area (Å²) in [4.78, 5) is 23.7. The largest absolute Gasteiger partial charge is 0.466 e. The molecular weight excluding hydrogens is 311 g/mol. The molecule has 0 unspecified atom stereocenters. The molecule has 0 N–H and O–H groups in total. The van der Waals surface area contributed by atoms with Gasteiger partial charge in [0.1, 0.15) is 0 Å². The Morgan fingerprint density at radius 1 is 1.33 bits per heavy atom. The molecule has 0 saturated heterocycles. The third-order valence-corrected chi connectivity index (χ3v) is 4.46. The lowest BCUT2D eigenvalue weighted by molar-refractivity contribution is -0.134. The number of benzene rings is 1. The normalized spacial score (nSPS) is 19.8. The van der Waals surface area contributed by atoms with Crippen LogP contribution in [0.1, 0.15) is 36.0 Å². The van der Waals surface area contributed by atoms with Gasteiger partial charge >= 0.3 is 5.97 Å². The van der Waals surface area contributed by atoms with Crippen molar-refractivity contribution in [2.24, 2.45) is 5.92 Å². The summed E-state index contributed by atoms with van der Waals surface area (Å²) in [6.45, 7) is 0. The van der Waals surface area contributed by atoms with Crippen molar-refractivity contribution in [1.82, 2.24) is 0 Å². The van der Waals surface area contributed by atoms with E-state index in [2.05, 4.69) is 4.74 Å². The molecule has 0 aromatic heterocycles. The van der Waals surface area contributed by atoms with Crippen LogP contribution in [0.5, 0.6) is 0 Å². The van der Waals surface area contributed by atoms with Gasteiger partial charge in [0.2, 0.25) is 0 Å². The second kappa shape index (κ2) is 7.10. The van der Waals surface area contributed by atoms with Crippen molar-refractivity contribution >= 4 is 35.0 Å². The molecule has 1 saturated carbocycles. The summed E-state index contributed by atoms with van der Waals surface area (Å²) < 4.78 is 4.65. The van der Waals surface area contributed by atoms with Crippen LogP contribution in [-0.4, -0.2) is 18.9 Å². The summed E-state index contributed by atoms with van der Waals surface area (Å²) in [6, 6.07) is 4.89. The molecule has 0 heterocycles. The lowest BCUT2D eigenvalue weighted by Gasteiger charge is -2.11. The zero-order valence-corrected chi connectivity index (χ0v) is 13.2. The number of carbonyl (C=O) groups excluding carboxylic acids is 2. The fraction of sp³-hybridized carbons (Fsp3) is 0.375. The van der Waals surface area contributed by atoms with E-state index in [4.69, 9.17) is 23.2 Å². The third kappa shape index (κ3) is 4.08. The summed E-state index contributed by atoms with van der Waals surface area (Å²) >= 11 is 11.8. The van der Waals surface area contributed by atoms with Crippen LogP contribution < -0.4 is 0 Å². The van der Waals surface area contributed by atoms with Gasteiger partial charge in [0.15, 0.2) is 5.78 Å². The van der Waals surface area contributed by atoms with Crippen LogP contribution in [-0.2, 0) is 9.53 Å². The first-order valence-electron chi connectivity index (χ1n) is 6.78. The molecule has 1 atom stereocenters. The quantitative estimate of drug-likeness (QED) is 0.466. The van der Waals surface area contributed by atoms with E-state index in [0.29, 0.717) is 22.0 Å². The highest BCUT2D eigenvalue weighted by Gasteiger charge is 2.25. The molecule has 0 amide bonds. The highest BCUT2D eigenvalue weighted by atomic mass is 35.5. The maximum atomic E-state index is 12.3. The molecule has 5 heteroatoms. The first kappa shape index (κ1) is 16.1. The number of hydrogen-bond acceptors (Lipinski definition) is 3. The summed E-state index contributed by atoms with van der Waals surface area (Å²) in [5.74, 6) is -0.249. The number of ketones is 1. The van der Waals surface area contributed by atoms with Crippen LogP contribution in [0.15, 0.2) is 29.8 Å². The van der Waals surface area contributed by atoms with E-state index in [0.717, 1.165) is 24.8 Å². The van der Waals surface area contributed by atoms with Crippen molar-refractivity contribution in [2.45, 2.75) is 25.7 Å². The molecule has 112 valence electrons. The molecule has 1 aromatic carbocycles. The van der Waals surface area contributed by atoms with Crippen molar-refractivity contribution in [2.75, 3.05) is 7.11 Å². The number of methoxy groups -OCH3 is 1. The molecule has 1 aromatic rings. The number of rotatable bonds is 4. The standard InChI is InChI=1S/C16H16Cl2O3/c1-21-16(20)9-11-4-2-3-10(11)8-15(19)12-5-6-13(17)14(18)7-12/h5-7,9-10H,2-4,8H2,1H3/b11-9-/t10-/m0/s1. The second-order valence-electron chi connectivity index (χ2n) is 5.09. The summed E-state index contributed by atoms with van der Waals surface area (Å²) in [7, 11) is 1.35. The number of ether oxygens (including phenoxy) is 1. The lowest BCUT2D eigenvalue weighted by Crippen LogP contribution is -2.09. The number of hydrogen-bond donors (Lipinski definition) is 0. The van der Waals surface area contributed by atoms with Crippen molar-refractivity contribution in [3.63, 3.8) is 0 Å². The van der Waals surface area contributed by atoms with Gasteiger partial charge in [0.05, 0.1) is 17.2 Å². The summed E-state index contributed by atoms with van der Waals surface area (Å²) in [5, 5.41) is 0.805. The molecular formula is C16H16Cl2O3. The Labute approximate surface area is 133 Å². The van der Waals surface area contributed by atoms with Crippen LogP contribution in [0, 0.1) is 5.92 Å². The molecule has 3 nitrogen and oxygen atoms in total. The van der Waals surface area contributed by atoms with Crippen LogP contribution in [0.25, 0.3) is 0 Å². The molecule has 0 bridgehead atoms. The van der Waals surface area contributed by atoms with Crippen molar-refractivity contribution in [1.29, 1.82) is 0 Å². The predicted molar refractivity (Wildman–Crippen MR) is 82.8 cm³/mol. The number of allylic oxidation sites excluding steroid dienone is 1. The maximum absolute atomic E-state index is 12.3. The number of halogens is 2. The Bertz CT molecular complexity index is 593. The first-order valence-corrected chi connectivity index (χ1v) is 7.53. The van der Waals surface area contributed by atoms with Gasteiger partial charge in [-0.15, -0.1) is 0 Å². The molecule has 0 spiro atoms. The number of esters is 1. The minimum Gasteiger partial charge on any atom is -0.466 e. The monoisotopic (exact) mass is 326 g/mol. The SMILES string of the molecule is COC(=O)/C=C1/CCC[C@H]1CC(=O)c1ccc(Cl)c(Cl)c1. The highest BCUT2D eigenvalue weighted by Crippen LogP contribution is 2.34. The van der Waals surface area contributed by atoms with Gasteiger partial charge in [-0.1, -0.05) is 28.8 Å². The van der Waals surface area contributed by atoms with Crippen molar-refractivity contribution < 1.29 is 14.3 Å². The van der Waals surface area contributed by atoms with Crippen LogP contribution in [0.4, 0.5) is 0 Å². The average Bonchev–Trinajstić information content (AvgIpc) is 2.88. The minimum absolute atomic E-state index is 0.0104.